The van der Waals surface area contributed by atoms with Crippen LogP contribution < -0.4 is 0 Å². The monoisotopic (exact) mass is 217 g/mol. The van der Waals surface area contributed by atoms with Gasteiger partial charge in [-0.3, -0.25) is 4.79 Å². The molecule has 0 saturated carbocycles. The summed E-state index contributed by atoms with van der Waals surface area (Å²) in [5, 5.41) is 0. The third kappa shape index (κ3) is 2.93. The molecule has 1 aliphatic heterocycles. The van der Waals surface area contributed by atoms with E-state index < -0.39 is 16.6 Å². The molecule has 1 rings (SSSR count). The van der Waals surface area contributed by atoms with Crippen molar-refractivity contribution in [1.29, 1.82) is 0 Å². The molecular weight excluding hydrogens is 198 g/mol. The van der Waals surface area contributed by atoms with Gasteiger partial charge in [-0.2, -0.15) is 0 Å². The molecule has 1 saturated heterocycles. The molecule has 1 heterocycles. The fourth-order valence-corrected chi connectivity index (χ4v) is 6.94. The lowest BCUT2D eigenvalue weighted by Crippen LogP contribution is -2.61. The van der Waals surface area contributed by atoms with E-state index in [2.05, 4.69) is 37.3 Å². The fourth-order valence-electron chi connectivity index (χ4n) is 1.52. The molecule has 13 heavy (non-hydrogen) atoms. The zero-order valence-corrected chi connectivity index (χ0v) is 11.2. The summed E-state index contributed by atoms with van der Waals surface area (Å²) in [4.78, 5) is 11.3. The molecule has 76 valence electrons. The standard InChI is InChI=1S/C8H19NO2Si2/c1-12(2,3)9-6-8(10)11-13(4,5)7-9/h6-7H2,1-5H3. The first-order valence-electron chi connectivity index (χ1n) is 4.68. The molecule has 0 aromatic rings. The van der Waals surface area contributed by atoms with Crippen LogP contribution in [-0.2, 0) is 9.22 Å². The Labute approximate surface area is 82.3 Å². The van der Waals surface area contributed by atoms with Crippen molar-refractivity contribution in [2.45, 2.75) is 32.7 Å². The Morgan fingerprint density at radius 1 is 1.38 bits per heavy atom. The van der Waals surface area contributed by atoms with Crippen molar-refractivity contribution in [3.05, 3.63) is 0 Å². The first kappa shape index (κ1) is 10.9. The molecule has 0 bridgehead atoms. The van der Waals surface area contributed by atoms with Gasteiger partial charge in [-0.15, -0.1) is 0 Å². The van der Waals surface area contributed by atoms with Gasteiger partial charge in [-0.05, 0) is 13.1 Å². The number of carbonyl (C=O) groups excluding carboxylic acids is 1. The van der Waals surface area contributed by atoms with E-state index in [1.54, 1.807) is 0 Å². The van der Waals surface area contributed by atoms with Crippen LogP contribution in [0.15, 0.2) is 0 Å². The second kappa shape index (κ2) is 3.22. The molecule has 5 heteroatoms. The van der Waals surface area contributed by atoms with Gasteiger partial charge in [-0.25, -0.2) is 0 Å². The van der Waals surface area contributed by atoms with Crippen molar-refractivity contribution in [1.82, 2.24) is 4.57 Å². The number of rotatable bonds is 1. The molecule has 0 unspecified atom stereocenters. The van der Waals surface area contributed by atoms with Gasteiger partial charge >= 0.3 is 5.97 Å². The first-order valence-corrected chi connectivity index (χ1v) is 11.2. The maximum atomic E-state index is 11.3. The average molecular weight is 217 g/mol. The molecule has 0 radical (unpaired) electrons. The highest BCUT2D eigenvalue weighted by Crippen LogP contribution is 2.19. The van der Waals surface area contributed by atoms with Crippen molar-refractivity contribution >= 4 is 22.5 Å². The summed E-state index contributed by atoms with van der Waals surface area (Å²) in [6.45, 7) is 11.5. The molecule has 1 fully saturated rings. The predicted octanol–water partition coefficient (Wildman–Crippen LogP) is 1.42. The lowest BCUT2D eigenvalue weighted by molar-refractivity contribution is -0.137. The number of hydrogen-bond acceptors (Lipinski definition) is 3. The summed E-state index contributed by atoms with van der Waals surface area (Å²) >= 11 is 0. The summed E-state index contributed by atoms with van der Waals surface area (Å²) in [5.41, 5.74) is 0. The minimum atomic E-state index is -1.72. The SMILES string of the molecule is C[Si]1(C)CN([Si](C)(C)C)CC(=O)O1. The summed E-state index contributed by atoms with van der Waals surface area (Å²) < 4.78 is 7.73. The van der Waals surface area contributed by atoms with Gasteiger partial charge in [-0.1, -0.05) is 19.6 Å². The Kier molecular flexibility index (Phi) is 2.71. The van der Waals surface area contributed by atoms with Gasteiger partial charge in [0.1, 0.15) is 8.24 Å². The number of carbonyl (C=O) groups is 1. The van der Waals surface area contributed by atoms with E-state index in [0.29, 0.717) is 6.54 Å². The normalized spacial score (nSPS) is 24.2. The molecule has 0 aromatic carbocycles. The maximum Gasteiger partial charge on any atom is 0.306 e. The molecule has 1 aliphatic rings. The van der Waals surface area contributed by atoms with Crippen molar-refractivity contribution < 1.29 is 9.22 Å². The fraction of sp³-hybridized carbons (Fsp3) is 0.875. The number of nitrogens with zero attached hydrogens (tertiary/aromatic N) is 1. The smallest absolute Gasteiger partial charge is 0.306 e. The third-order valence-electron chi connectivity index (χ3n) is 2.23. The first-order chi connectivity index (χ1) is 5.71. The molecule has 0 aromatic heterocycles. The largest absolute Gasteiger partial charge is 0.517 e. The Hall–Kier alpha value is -0.136. The zero-order chi connectivity index (χ0) is 10.3. The van der Waals surface area contributed by atoms with Crippen LogP contribution in [-0.4, -0.2) is 39.8 Å². The Morgan fingerprint density at radius 3 is 2.31 bits per heavy atom. The molecule has 0 aliphatic carbocycles. The lowest BCUT2D eigenvalue weighted by atomic mass is 10.7. The highest BCUT2D eigenvalue weighted by atomic mass is 28.4. The van der Waals surface area contributed by atoms with E-state index in [-0.39, 0.29) is 5.97 Å². The van der Waals surface area contributed by atoms with Crippen LogP contribution in [0.4, 0.5) is 0 Å². The summed E-state index contributed by atoms with van der Waals surface area (Å²) in [5.74, 6) is -0.0228. The van der Waals surface area contributed by atoms with Gasteiger partial charge in [0.15, 0.2) is 0 Å². The molecule has 0 N–H and O–H groups in total. The Morgan fingerprint density at radius 2 is 1.92 bits per heavy atom. The summed E-state index contributed by atoms with van der Waals surface area (Å²) in [6, 6.07) is 0. The van der Waals surface area contributed by atoms with Crippen LogP contribution in [0.3, 0.4) is 0 Å². The van der Waals surface area contributed by atoms with Crippen molar-refractivity contribution in [2.24, 2.45) is 0 Å². The average Bonchev–Trinajstić information content (AvgIpc) is 1.79. The van der Waals surface area contributed by atoms with Crippen molar-refractivity contribution in [2.75, 3.05) is 12.7 Å². The van der Waals surface area contributed by atoms with Crippen LogP contribution in [0.2, 0.25) is 32.7 Å². The van der Waals surface area contributed by atoms with E-state index in [1.807, 2.05) is 0 Å². The molecule has 0 amide bonds. The van der Waals surface area contributed by atoms with Crippen LogP contribution in [0.5, 0.6) is 0 Å². The van der Waals surface area contributed by atoms with Gasteiger partial charge in [0, 0.05) is 6.17 Å². The van der Waals surface area contributed by atoms with Gasteiger partial charge in [0.2, 0.25) is 0 Å². The van der Waals surface area contributed by atoms with Crippen molar-refractivity contribution in [3.63, 3.8) is 0 Å². The van der Waals surface area contributed by atoms with Gasteiger partial charge < -0.3 is 8.99 Å². The van der Waals surface area contributed by atoms with Gasteiger partial charge in [0.05, 0.1) is 6.54 Å². The third-order valence-corrected chi connectivity index (χ3v) is 6.68. The minimum Gasteiger partial charge on any atom is -0.517 e. The highest BCUT2D eigenvalue weighted by Gasteiger charge is 2.40. The Balaban J connectivity index is 2.74. The second-order valence-electron chi connectivity index (χ2n) is 5.26. The second-order valence-corrected chi connectivity index (χ2v) is 14.3. The summed E-state index contributed by atoms with van der Waals surface area (Å²) in [7, 11) is -3.04. The van der Waals surface area contributed by atoms with Crippen LogP contribution in [0.1, 0.15) is 0 Å². The van der Waals surface area contributed by atoms with E-state index >= 15 is 0 Å². The maximum absolute atomic E-state index is 11.3. The quantitative estimate of drug-likeness (QED) is 0.622. The molecule has 0 atom stereocenters. The number of hydrogen-bond donors (Lipinski definition) is 0. The molecular formula is C8H19NO2Si2. The van der Waals surface area contributed by atoms with Crippen LogP contribution in [0.25, 0.3) is 0 Å². The van der Waals surface area contributed by atoms with E-state index in [1.165, 1.54) is 0 Å². The zero-order valence-electron chi connectivity index (χ0n) is 9.18. The van der Waals surface area contributed by atoms with Gasteiger partial charge in [0.25, 0.3) is 8.32 Å². The Bertz CT molecular complexity index is 223. The van der Waals surface area contributed by atoms with E-state index in [9.17, 15) is 4.79 Å². The van der Waals surface area contributed by atoms with E-state index in [0.717, 1.165) is 6.17 Å². The minimum absolute atomic E-state index is 0.0228. The topological polar surface area (TPSA) is 29.5 Å². The van der Waals surface area contributed by atoms with Crippen LogP contribution >= 0.6 is 0 Å². The molecule has 3 nitrogen and oxygen atoms in total. The summed E-state index contributed by atoms with van der Waals surface area (Å²) in [6.07, 6.45) is 1.01. The highest BCUT2D eigenvalue weighted by molar-refractivity contribution is 6.78. The van der Waals surface area contributed by atoms with E-state index in [4.69, 9.17) is 4.43 Å². The molecule has 0 spiro atoms. The predicted molar refractivity (Wildman–Crippen MR) is 58.5 cm³/mol. The van der Waals surface area contributed by atoms with Crippen LogP contribution in [0, 0.1) is 0 Å². The lowest BCUT2D eigenvalue weighted by Gasteiger charge is -2.42. The van der Waals surface area contributed by atoms with Crippen molar-refractivity contribution in [3.8, 4) is 0 Å².